The number of hydrogen-bond donors (Lipinski definition) is 2. The number of aliphatic hydroxyl groups is 1. The molecule has 1 aromatic carbocycles. The number of nitrogens with one attached hydrogen (secondary N) is 1. The second-order valence-electron chi connectivity index (χ2n) is 6.27. The Morgan fingerprint density at radius 1 is 1.25 bits per heavy atom. The van der Waals surface area contributed by atoms with Crippen molar-refractivity contribution in [3.63, 3.8) is 0 Å². The van der Waals surface area contributed by atoms with Crippen molar-refractivity contribution in [1.29, 1.82) is 0 Å². The fraction of sp³-hybridized carbons (Fsp3) is 0.647. The van der Waals surface area contributed by atoms with E-state index in [1.807, 2.05) is 13.0 Å². The van der Waals surface area contributed by atoms with Crippen molar-refractivity contribution in [1.82, 2.24) is 10.2 Å². The Morgan fingerprint density at radius 3 is 2.50 bits per heavy atom. The molecule has 114 valence electrons. The van der Waals surface area contributed by atoms with Gasteiger partial charge in [0.25, 0.3) is 0 Å². The lowest BCUT2D eigenvalue weighted by Gasteiger charge is -2.28. The van der Waals surface area contributed by atoms with Crippen molar-refractivity contribution in [3.05, 3.63) is 35.9 Å². The van der Waals surface area contributed by atoms with E-state index in [1.165, 1.54) is 5.56 Å². The summed E-state index contributed by atoms with van der Waals surface area (Å²) < 4.78 is 0. The summed E-state index contributed by atoms with van der Waals surface area (Å²) in [6.45, 7) is 9.65. The highest BCUT2D eigenvalue weighted by Gasteiger charge is 2.23. The molecule has 1 atom stereocenters. The molecule has 0 aromatic heterocycles. The van der Waals surface area contributed by atoms with Crippen LogP contribution in [0.25, 0.3) is 0 Å². The molecule has 0 aliphatic carbocycles. The van der Waals surface area contributed by atoms with Gasteiger partial charge < -0.3 is 15.3 Å². The van der Waals surface area contributed by atoms with Crippen LogP contribution in [-0.4, -0.2) is 42.3 Å². The summed E-state index contributed by atoms with van der Waals surface area (Å²) in [6.07, 6.45) is 1.09. The van der Waals surface area contributed by atoms with Crippen LogP contribution in [0.5, 0.6) is 0 Å². The van der Waals surface area contributed by atoms with Crippen molar-refractivity contribution in [2.45, 2.75) is 39.3 Å². The standard InChI is InChI=1S/C17H30N2O/c1-15(2)17(3,20)14-18-11-8-12-19(4)13-16-9-6-5-7-10-16/h5-7,9-10,15,18,20H,8,11-14H2,1-4H3. The predicted octanol–water partition coefficient (Wildman–Crippen LogP) is 2.51. The highest BCUT2D eigenvalue weighted by Crippen LogP contribution is 2.14. The van der Waals surface area contributed by atoms with Gasteiger partial charge in [-0.2, -0.15) is 0 Å². The fourth-order valence-corrected chi connectivity index (χ4v) is 1.99. The summed E-state index contributed by atoms with van der Waals surface area (Å²) >= 11 is 0. The lowest BCUT2D eigenvalue weighted by molar-refractivity contribution is 0.0143. The molecule has 2 N–H and O–H groups in total. The molecule has 0 spiro atoms. The van der Waals surface area contributed by atoms with Crippen molar-refractivity contribution in [2.75, 3.05) is 26.7 Å². The molecule has 0 saturated heterocycles. The summed E-state index contributed by atoms with van der Waals surface area (Å²) in [5, 5.41) is 13.5. The molecule has 1 unspecified atom stereocenters. The van der Waals surface area contributed by atoms with Gasteiger partial charge in [-0.25, -0.2) is 0 Å². The Hall–Kier alpha value is -0.900. The predicted molar refractivity (Wildman–Crippen MR) is 85.7 cm³/mol. The van der Waals surface area contributed by atoms with Gasteiger partial charge in [-0.15, -0.1) is 0 Å². The van der Waals surface area contributed by atoms with E-state index < -0.39 is 5.60 Å². The van der Waals surface area contributed by atoms with Gasteiger partial charge in [-0.1, -0.05) is 44.2 Å². The molecule has 3 nitrogen and oxygen atoms in total. The first-order chi connectivity index (χ1) is 9.42. The monoisotopic (exact) mass is 278 g/mol. The van der Waals surface area contributed by atoms with E-state index in [0.29, 0.717) is 6.54 Å². The van der Waals surface area contributed by atoms with Crippen LogP contribution >= 0.6 is 0 Å². The maximum absolute atomic E-state index is 10.1. The molecule has 0 aliphatic heterocycles. The topological polar surface area (TPSA) is 35.5 Å². The first kappa shape index (κ1) is 17.2. The zero-order valence-electron chi connectivity index (χ0n) is 13.4. The second kappa shape index (κ2) is 8.40. The van der Waals surface area contributed by atoms with Gasteiger partial charge in [0, 0.05) is 13.1 Å². The SMILES string of the molecule is CC(C)C(C)(O)CNCCCN(C)Cc1ccccc1. The third-order valence-electron chi connectivity index (χ3n) is 3.92. The molecule has 0 radical (unpaired) electrons. The van der Waals surface area contributed by atoms with Gasteiger partial charge in [0.15, 0.2) is 0 Å². The summed E-state index contributed by atoms with van der Waals surface area (Å²) in [7, 11) is 2.15. The molecule has 0 fully saturated rings. The Morgan fingerprint density at radius 2 is 1.90 bits per heavy atom. The third-order valence-corrected chi connectivity index (χ3v) is 3.92. The fourth-order valence-electron chi connectivity index (χ4n) is 1.99. The van der Waals surface area contributed by atoms with Crippen molar-refractivity contribution in [3.8, 4) is 0 Å². The number of hydrogen-bond acceptors (Lipinski definition) is 3. The summed E-state index contributed by atoms with van der Waals surface area (Å²) in [5.74, 6) is 0.274. The Kier molecular flexibility index (Phi) is 7.20. The lowest BCUT2D eigenvalue weighted by atomic mass is 9.92. The van der Waals surface area contributed by atoms with Crippen LogP contribution in [0.15, 0.2) is 30.3 Å². The van der Waals surface area contributed by atoms with Crippen molar-refractivity contribution >= 4 is 0 Å². The van der Waals surface area contributed by atoms with Gasteiger partial charge in [-0.3, -0.25) is 0 Å². The van der Waals surface area contributed by atoms with E-state index in [2.05, 4.69) is 55.4 Å². The Labute approximate surface area is 124 Å². The van der Waals surface area contributed by atoms with E-state index in [-0.39, 0.29) is 5.92 Å². The van der Waals surface area contributed by atoms with E-state index >= 15 is 0 Å². The van der Waals surface area contributed by atoms with Crippen LogP contribution < -0.4 is 5.32 Å². The average molecular weight is 278 g/mol. The van der Waals surface area contributed by atoms with E-state index in [1.54, 1.807) is 0 Å². The van der Waals surface area contributed by atoms with Crippen LogP contribution in [0.2, 0.25) is 0 Å². The van der Waals surface area contributed by atoms with Crippen LogP contribution in [0.4, 0.5) is 0 Å². The molecule has 0 saturated carbocycles. The van der Waals surface area contributed by atoms with Gasteiger partial charge in [-0.05, 0) is 45.0 Å². The zero-order valence-corrected chi connectivity index (χ0v) is 13.4. The molecule has 0 heterocycles. The van der Waals surface area contributed by atoms with Gasteiger partial charge >= 0.3 is 0 Å². The molecular formula is C17H30N2O. The Balaban J connectivity index is 2.12. The minimum absolute atomic E-state index is 0.274. The first-order valence-corrected chi connectivity index (χ1v) is 7.57. The Bertz CT molecular complexity index is 363. The van der Waals surface area contributed by atoms with Crippen LogP contribution in [0.3, 0.4) is 0 Å². The largest absolute Gasteiger partial charge is 0.389 e. The molecule has 1 aromatic rings. The van der Waals surface area contributed by atoms with Crippen molar-refractivity contribution < 1.29 is 5.11 Å². The number of benzene rings is 1. The quantitative estimate of drug-likeness (QED) is 0.681. The third kappa shape index (κ3) is 6.51. The van der Waals surface area contributed by atoms with Crippen molar-refractivity contribution in [2.24, 2.45) is 5.92 Å². The molecule has 1 rings (SSSR count). The lowest BCUT2D eigenvalue weighted by Crippen LogP contribution is -2.42. The first-order valence-electron chi connectivity index (χ1n) is 7.57. The maximum atomic E-state index is 10.1. The molecule has 0 aliphatic rings. The molecule has 0 amide bonds. The maximum Gasteiger partial charge on any atom is 0.0766 e. The van der Waals surface area contributed by atoms with E-state index in [9.17, 15) is 5.11 Å². The van der Waals surface area contributed by atoms with E-state index in [0.717, 1.165) is 26.1 Å². The van der Waals surface area contributed by atoms with Crippen LogP contribution in [-0.2, 0) is 6.54 Å². The van der Waals surface area contributed by atoms with Gasteiger partial charge in [0.05, 0.1) is 5.60 Å². The smallest absolute Gasteiger partial charge is 0.0766 e. The summed E-state index contributed by atoms with van der Waals surface area (Å²) in [5.41, 5.74) is 0.737. The minimum Gasteiger partial charge on any atom is -0.389 e. The zero-order chi connectivity index (χ0) is 15.0. The summed E-state index contributed by atoms with van der Waals surface area (Å²) in [4.78, 5) is 2.33. The molecule has 3 heteroatoms. The number of rotatable bonds is 9. The average Bonchev–Trinajstić information content (AvgIpc) is 2.39. The minimum atomic E-state index is -0.615. The van der Waals surface area contributed by atoms with Gasteiger partial charge in [0.1, 0.15) is 0 Å². The molecular weight excluding hydrogens is 248 g/mol. The van der Waals surface area contributed by atoms with Gasteiger partial charge in [0.2, 0.25) is 0 Å². The highest BCUT2D eigenvalue weighted by atomic mass is 16.3. The molecule has 0 bridgehead atoms. The van der Waals surface area contributed by atoms with Crippen LogP contribution in [0.1, 0.15) is 32.8 Å². The van der Waals surface area contributed by atoms with Crippen LogP contribution in [0, 0.1) is 5.92 Å². The summed E-state index contributed by atoms with van der Waals surface area (Å²) in [6, 6.07) is 10.5. The second-order valence-corrected chi connectivity index (χ2v) is 6.27. The number of nitrogens with zero attached hydrogens (tertiary/aromatic N) is 1. The normalized spacial score (nSPS) is 14.8. The highest BCUT2D eigenvalue weighted by molar-refractivity contribution is 5.14. The van der Waals surface area contributed by atoms with E-state index in [4.69, 9.17) is 0 Å². The molecule has 20 heavy (non-hydrogen) atoms.